The van der Waals surface area contributed by atoms with Gasteiger partial charge in [0.15, 0.2) is 5.56 Å². The normalized spacial score (nSPS) is 10.3. The molecule has 0 aliphatic rings. The smallest absolute Gasteiger partial charge is 0.346 e. The van der Waals surface area contributed by atoms with Crippen molar-refractivity contribution in [3.8, 4) is 17.0 Å². The molecule has 2 rings (SSSR count). The Hall–Kier alpha value is -3.69. The molecule has 1 heterocycles. The number of esters is 2. The number of carbonyl (C=O) groups is 2. The van der Waals surface area contributed by atoms with Crippen molar-refractivity contribution < 1.29 is 29.1 Å². The van der Waals surface area contributed by atoms with Crippen molar-refractivity contribution in [2.45, 2.75) is 13.8 Å². The molecular formula is C17H16N2O8. The summed E-state index contributed by atoms with van der Waals surface area (Å²) in [6.07, 6.45) is 0. The van der Waals surface area contributed by atoms with Gasteiger partial charge < -0.3 is 19.6 Å². The van der Waals surface area contributed by atoms with Crippen molar-refractivity contribution in [3.63, 3.8) is 0 Å². The topological polar surface area (TPSA) is 149 Å². The van der Waals surface area contributed by atoms with E-state index in [0.29, 0.717) is 0 Å². The molecule has 2 aromatic rings. The number of nitrogens with one attached hydrogen (secondary N) is 1. The number of phenols is 1. The Balaban J connectivity index is 2.90. The number of rotatable bonds is 6. The average molecular weight is 376 g/mol. The number of phenolic OH excluding ortho intramolecular Hbond substituents is 1. The molecule has 0 fully saturated rings. The number of ether oxygens (including phenoxy) is 2. The molecule has 10 nitrogen and oxygen atoms in total. The molecular weight excluding hydrogens is 360 g/mol. The van der Waals surface area contributed by atoms with E-state index in [-0.39, 0.29) is 30.2 Å². The van der Waals surface area contributed by atoms with Gasteiger partial charge in [0.1, 0.15) is 17.0 Å². The third-order valence-corrected chi connectivity index (χ3v) is 3.49. The molecule has 0 bridgehead atoms. The second-order valence-electron chi connectivity index (χ2n) is 5.17. The fraction of sp³-hybridized carbons (Fsp3) is 0.235. The Morgan fingerprint density at radius 3 is 2.07 bits per heavy atom. The molecule has 0 atom stereocenters. The van der Waals surface area contributed by atoms with Crippen molar-refractivity contribution in [2.75, 3.05) is 13.2 Å². The van der Waals surface area contributed by atoms with E-state index in [4.69, 9.17) is 9.47 Å². The molecule has 0 aliphatic carbocycles. The van der Waals surface area contributed by atoms with Crippen LogP contribution in [0.1, 0.15) is 34.6 Å². The first-order valence-electron chi connectivity index (χ1n) is 7.90. The summed E-state index contributed by atoms with van der Waals surface area (Å²) in [7, 11) is 0. The Labute approximate surface area is 152 Å². The Morgan fingerprint density at radius 2 is 1.59 bits per heavy atom. The Morgan fingerprint density at radius 1 is 1.07 bits per heavy atom. The van der Waals surface area contributed by atoms with Gasteiger partial charge in [-0.25, -0.2) is 9.59 Å². The summed E-state index contributed by atoms with van der Waals surface area (Å²) >= 11 is 0. The van der Waals surface area contributed by atoms with Crippen molar-refractivity contribution in [1.29, 1.82) is 0 Å². The quantitative estimate of drug-likeness (QED) is 0.442. The van der Waals surface area contributed by atoms with Gasteiger partial charge in [-0.2, -0.15) is 0 Å². The highest BCUT2D eigenvalue weighted by atomic mass is 16.6. The molecule has 0 saturated carbocycles. The van der Waals surface area contributed by atoms with Crippen molar-refractivity contribution >= 4 is 17.6 Å². The minimum absolute atomic E-state index is 0.0995. The zero-order valence-electron chi connectivity index (χ0n) is 14.5. The predicted molar refractivity (Wildman–Crippen MR) is 92.7 cm³/mol. The summed E-state index contributed by atoms with van der Waals surface area (Å²) < 4.78 is 9.56. The van der Waals surface area contributed by atoms with Crippen LogP contribution in [0.3, 0.4) is 0 Å². The minimum Gasteiger partial charge on any atom is -0.508 e. The molecule has 27 heavy (non-hydrogen) atoms. The number of aromatic hydroxyl groups is 1. The van der Waals surface area contributed by atoms with E-state index in [1.807, 2.05) is 0 Å². The number of aromatic nitrogens is 1. The number of hydrogen-bond acceptors (Lipinski definition) is 8. The van der Waals surface area contributed by atoms with Crippen LogP contribution in [0.2, 0.25) is 0 Å². The maximum atomic E-state index is 12.5. The predicted octanol–water partition coefficient (Wildman–Crippen LogP) is 2.01. The van der Waals surface area contributed by atoms with E-state index in [2.05, 4.69) is 4.98 Å². The van der Waals surface area contributed by atoms with E-state index in [0.717, 1.165) is 0 Å². The third-order valence-electron chi connectivity index (χ3n) is 3.49. The number of nitrogens with zero attached hydrogens (tertiary/aromatic N) is 1. The van der Waals surface area contributed by atoms with E-state index in [1.165, 1.54) is 38.1 Å². The fourth-order valence-corrected chi connectivity index (χ4v) is 2.41. The first-order chi connectivity index (χ1) is 12.8. The molecule has 10 heteroatoms. The minimum atomic E-state index is -1.20. The zero-order valence-corrected chi connectivity index (χ0v) is 14.5. The lowest BCUT2D eigenvalue weighted by Crippen LogP contribution is -2.27. The Bertz CT molecular complexity index is 947. The molecule has 142 valence electrons. The lowest BCUT2D eigenvalue weighted by atomic mass is 10.0. The van der Waals surface area contributed by atoms with Crippen LogP contribution in [0.4, 0.5) is 5.69 Å². The van der Waals surface area contributed by atoms with Crippen LogP contribution in [0.5, 0.6) is 5.75 Å². The SMILES string of the molecule is CCOC(=O)c1c([N+](=O)[O-])c(-c2ccc(O)cc2)[nH]c(=O)c1C(=O)OCC. The summed E-state index contributed by atoms with van der Waals surface area (Å²) in [6.45, 7) is 2.73. The largest absolute Gasteiger partial charge is 0.508 e. The number of benzene rings is 1. The summed E-state index contributed by atoms with van der Waals surface area (Å²) in [4.78, 5) is 50.0. The van der Waals surface area contributed by atoms with Crippen LogP contribution in [0, 0.1) is 10.1 Å². The summed E-state index contributed by atoms with van der Waals surface area (Å²) in [5.41, 5.74) is -3.58. The van der Waals surface area contributed by atoms with Gasteiger partial charge in [0.25, 0.3) is 5.56 Å². The van der Waals surface area contributed by atoms with Gasteiger partial charge in [0, 0.05) is 5.56 Å². The number of carbonyl (C=O) groups excluding carboxylic acids is 2. The summed E-state index contributed by atoms with van der Waals surface area (Å²) in [5, 5.41) is 21.1. The summed E-state index contributed by atoms with van der Waals surface area (Å²) in [6, 6.07) is 5.13. The third kappa shape index (κ3) is 3.94. The number of nitro groups is 1. The molecule has 2 N–H and O–H groups in total. The molecule has 0 spiro atoms. The van der Waals surface area contributed by atoms with Crippen LogP contribution in [-0.4, -0.2) is 40.2 Å². The lowest BCUT2D eigenvalue weighted by molar-refractivity contribution is -0.384. The van der Waals surface area contributed by atoms with Gasteiger partial charge in [0.2, 0.25) is 0 Å². The molecule has 0 saturated heterocycles. The van der Waals surface area contributed by atoms with Gasteiger partial charge >= 0.3 is 17.6 Å². The van der Waals surface area contributed by atoms with E-state index < -0.39 is 39.2 Å². The van der Waals surface area contributed by atoms with Crippen LogP contribution in [-0.2, 0) is 9.47 Å². The maximum absolute atomic E-state index is 12.5. The first-order valence-corrected chi connectivity index (χ1v) is 7.90. The average Bonchev–Trinajstić information content (AvgIpc) is 2.61. The van der Waals surface area contributed by atoms with Crippen LogP contribution in [0.25, 0.3) is 11.3 Å². The van der Waals surface area contributed by atoms with Crippen molar-refractivity contribution in [1.82, 2.24) is 4.98 Å². The molecule has 0 unspecified atom stereocenters. The van der Waals surface area contributed by atoms with Crippen LogP contribution >= 0.6 is 0 Å². The highest BCUT2D eigenvalue weighted by Gasteiger charge is 2.36. The van der Waals surface area contributed by atoms with E-state index >= 15 is 0 Å². The zero-order chi connectivity index (χ0) is 20.1. The van der Waals surface area contributed by atoms with Gasteiger partial charge in [-0.05, 0) is 38.1 Å². The maximum Gasteiger partial charge on any atom is 0.346 e. The molecule has 0 amide bonds. The number of pyridine rings is 1. The molecule has 1 aromatic heterocycles. The van der Waals surface area contributed by atoms with Crippen molar-refractivity contribution in [3.05, 3.63) is 55.9 Å². The number of hydrogen-bond donors (Lipinski definition) is 2. The first kappa shape index (κ1) is 19.6. The van der Waals surface area contributed by atoms with E-state index in [9.17, 15) is 29.6 Å². The van der Waals surface area contributed by atoms with Gasteiger partial charge in [-0.15, -0.1) is 0 Å². The standard InChI is InChI=1S/C17H16N2O8/c1-3-26-16(22)11-12(17(23)27-4-2)15(21)18-13(14(11)19(24)25)9-5-7-10(20)8-6-9/h5-8,20H,3-4H2,1-2H3,(H,18,21). The molecule has 0 aliphatic heterocycles. The number of H-pyrrole nitrogens is 1. The lowest BCUT2D eigenvalue weighted by Gasteiger charge is -2.11. The fourth-order valence-electron chi connectivity index (χ4n) is 2.41. The van der Waals surface area contributed by atoms with Crippen LogP contribution in [0.15, 0.2) is 29.1 Å². The highest BCUT2D eigenvalue weighted by molar-refractivity contribution is 6.07. The van der Waals surface area contributed by atoms with Gasteiger partial charge in [-0.1, -0.05) is 0 Å². The van der Waals surface area contributed by atoms with Gasteiger partial charge in [0.05, 0.1) is 18.1 Å². The van der Waals surface area contributed by atoms with Crippen molar-refractivity contribution in [2.24, 2.45) is 0 Å². The number of aromatic amines is 1. The Kier molecular flexibility index (Phi) is 5.91. The molecule has 0 radical (unpaired) electrons. The highest BCUT2D eigenvalue weighted by Crippen LogP contribution is 2.33. The molecule has 1 aromatic carbocycles. The monoisotopic (exact) mass is 376 g/mol. The second kappa shape index (κ2) is 8.13. The summed E-state index contributed by atoms with van der Waals surface area (Å²) in [5.74, 6) is -2.47. The van der Waals surface area contributed by atoms with Crippen LogP contribution < -0.4 is 5.56 Å². The second-order valence-corrected chi connectivity index (χ2v) is 5.17. The van der Waals surface area contributed by atoms with E-state index in [1.54, 1.807) is 0 Å². The van der Waals surface area contributed by atoms with Gasteiger partial charge in [-0.3, -0.25) is 14.9 Å².